The van der Waals surface area contributed by atoms with E-state index in [1.54, 1.807) is 6.33 Å². The zero-order chi connectivity index (χ0) is 15.0. The van der Waals surface area contributed by atoms with E-state index in [1.807, 2.05) is 7.05 Å². The van der Waals surface area contributed by atoms with E-state index in [0.29, 0.717) is 6.04 Å². The van der Waals surface area contributed by atoms with Crippen LogP contribution in [0.1, 0.15) is 39.2 Å². The van der Waals surface area contributed by atoms with E-state index in [1.165, 1.54) is 6.42 Å². The highest BCUT2D eigenvalue weighted by atomic mass is 15.1. The molecule has 0 saturated heterocycles. The molecule has 1 aromatic rings. The van der Waals surface area contributed by atoms with Gasteiger partial charge in [0.1, 0.15) is 18.0 Å². The van der Waals surface area contributed by atoms with Gasteiger partial charge < -0.3 is 15.5 Å². The van der Waals surface area contributed by atoms with Gasteiger partial charge in [0.25, 0.3) is 0 Å². The third kappa shape index (κ3) is 4.96. The minimum Gasteiger partial charge on any atom is -0.373 e. The Labute approximate surface area is 123 Å². The van der Waals surface area contributed by atoms with Crippen LogP contribution >= 0.6 is 0 Å². The molecule has 114 valence electrons. The smallest absolute Gasteiger partial charge is 0.134 e. The van der Waals surface area contributed by atoms with Gasteiger partial charge in [0.15, 0.2) is 0 Å². The zero-order valence-corrected chi connectivity index (χ0v) is 13.5. The van der Waals surface area contributed by atoms with Crippen LogP contribution < -0.4 is 10.6 Å². The van der Waals surface area contributed by atoms with Gasteiger partial charge in [-0.3, -0.25) is 0 Å². The van der Waals surface area contributed by atoms with E-state index in [9.17, 15) is 0 Å². The molecule has 5 heteroatoms. The lowest BCUT2D eigenvalue weighted by Crippen LogP contribution is -2.27. The minimum absolute atomic E-state index is 0.620. The van der Waals surface area contributed by atoms with Gasteiger partial charge in [-0.05, 0) is 46.7 Å². The first-order chi connectivity index (χ1) is 9.60. The van der Waals surface area contributed by atoms with Crippen molar-refractivity contribution in [2.24, 2.45) is 0 Å². The van der Waals surface area contributed by atoms with E-state index >= 15 is 0 Å². The molecule has 0 aliphatic carbocycles. The van der Waals surface area contributed by atoms with E-state index in [-0.39, 0.29) is 0 Å². The van der Waals surface area contributed by atoms with Gasteiger partial charge in [-0.25, -0.2) is 9.97 Å². The van der Waals surface area contributed by atoms with Crippen LogP contribution in [-0.2, 0) is 6.42 Å². The van der Waals surface area contributed by atoms with Crippen molar-refractivity contribution in [2.75, 3.05) is 37.8 Å². The normalized spacial score (nSPS) is 11.2. The van der Waals surface area contributed by atoms with Gasteiger partial charge in [-0.15, -0.1) is 0 Å². The SMILES string of the molecule is CCc1c(NC)ncnc1NCCCCN(C)C(C)C. The standard InChI is InChI=1S/C15H29N5/c1-6-13-14(16-4)18-11-19-15(13)17-9-7-8-10-20(5)12(2)3/h11-12H,6-10H2,1-5H3,(H2,16,17,18,19). The summed E-state index contributed by atoms with van der Waals surface area (Å²) < 4.78 is 0. The molecular formula is C15H29N5. The summed E-state index contributed by atoms with van der Waals surface area (Å²) in [5.41, 5.74) is 1.16. The molecule has 0 amide bonds. The second-order valence-electron chi connectivity index (χ2n) is 5.36. The van der Waals surface area contributed by atoms with Gasteiger partial charge in [0.05, 0.1) is 0 Å². The van der Waals surface area contributed by atoms with Crippen molar-refractivity contribution in [3.63, 3.8) is 0 Å². The maximum Gasteiger partial charge on any atom is 0.134 e. The summed E-state index contributed by atoms with van der Waals surface area (Å²) >= 11 is 0. The van der Waals surface area contributed by atoms with Gasteiger partial charge in [-0.1, -0.05) is 6.92 Å². The predicted molar refractivity (Wildman–Crippen MR) is 86.4 cm³/mol. The highest BCUT2D eigenvalue weighted by Gasteiger charge is 2.08. The number of nitrogens with zero attached hydrogens (tertiary/aromatic N) is 3. The third-order valence-corrected chi connectivity index (χ3v) is 3.65. The predicted octanol–water partition coefficient (Wildman–Crippen LogP) is 2.61. The highest BCUT2D eigenvalue weighted by molar-refractivity contribution is 5.56. The molecule has 0 radical (unpaired) electrons. The van der Waals surface area contributed by atoms with Gasteiger partial charge >= 0.3 is 0 Å². The van der Waals surface area contributed by atoms with Crippen LogP contribution in [0.5, 0.6) is 0 Å². The molecule has 0 bridgehead atoms. The van der Waals surface area contributed by atoms with Crippen molar-refractivity contribution in [1.82, 2.24) is 14.9 Å². The van der Waals surface area contributed by atoms with Crippen LogP contribution in [-0.4, -0.2) is 48.1 Å². The number of anilines is 2. The fourth-order valence-corrected chi connectivity index (χ4v) is 2.07. The summed E-state index contributed by atoms with van der Waals surface area (Å²) in [6.07, 6.45) is 4.89. The second kappa shape index (κ2) is 8.74. The van der Waals surface area contributed by atoms with E-state index in [0.717, 1.165) is 43.1 Å². The number of nitrogens with one attached hydrogen (secondary N) is 2. The molecule has 0 atom stereocenters. The zero-order valence-electron chi connectivity index (χ0n) is 13.5. The van der Waals surface area contributed by atoms with Crippen LogP contribution in [0.2, 0.25) is 0 Å². The van der Waals surface area contributed by atoms with Crippen molar-refractivity contribution in [2.45, 2.75) is 46.1 Å². The van der Waals surface area contributed by atoms with E-state index in [4.69, 9.17) is 0 Å². The summed E-state index contributed by atoms with van der Waals surface area (Å²) in [5.74, 6) is 1.88. The molecular weight excluding hydrogens is 250 g/mol. The Kier molecular flexibility index (Phi) is 7.30. The Balaban J connectivity index is 2.39. The first kappa shape index (κ1) is 16.7. The average Bonchev–Trinajstić information content (AvgIpc) is 2.45. The first-order valence-corrected chi connectivity index (χ1v) is 7.55. The first-order valence-electron chi connectivity index (χ1n) is 7.55. The van der Waals surface area contributed by atoms with Crippen LogP contribution in [0.4, 0.5) is 11.6 Å². The quantitative estimate of drug-likeness (QED) is 0.681. The maximum absolute atomic E-state index is 4.35. The fourth-order valence-electron chi connectivity index (χ4n) is 2.07. The molecule has 0 aliphatic rings. The molecule has 5 nitrogen and oxygen atoms in total. The molecule has 0 saturated carbocycles. The molecule has 2 N–H and O–H groups in total. The Bertz CT molecular complexity index is 392. The summed E-state index contributed by atoms with van der Waals surface area (Å²) in [7, 11) is 4.07. The Hall–Kier alpha value is -1.36. The topological polar surface area (TPSA) is 53.1 Å². The molecule has 1 rings (SSSR count). The van der Waals surface area contributed by atoms with Crippen molar-refractivity contribution in [3.8, 4) is 0 Å². The van der Waals surface area contributed by atoms with E-state index in [2.05, 4.69) is 53.3 Å². The van der Waals surface area contributed by atoms with Crippen LogP contribution in [0.15, 0.2) is 6.33 Å². The summed E-state index contributed by atoms with van der Waals surface area (Å²) in [4.78, 5) is 11.0. The van der Waals surface area contributed by atoms with Crippen molar-refractivity contribution in [1.29, 1.82) is 0 Å². The van der Waals surface area contributed by atoms with Crippen LogP contribution in [0.25, 0.3) is 0 Å². The Morgan fingerprint density at radius 1 is 1.20 bits per heavy atom. The van der Waals surface area contributed by atoms with Gasteiger partial charge in [-0.2, -0.15) is 0 Å². The lowest BCUT2D eigenvalue weighted by Gasteiger charge is -2.20. The molecule has 20 heavy (non-hydrogen) atoms. The second-order valence-corrected chi connectivity index (χ2v) is 5.36. The Morgan fingerprint density at radius 2 is 1.90 bits per heavy atom. The number of rotatable bonds is 9. The fraction of sp³-hybridized carbons (Fsp3) is 0.733. The van der Waals surface area contributed by atoms with Crippen LogP contribution in [0.3, 0.4) is 0 Å². The molecule has 0 fully saturated rings. The molecule has 0 unspecified atom stereocenters. The molecule has 0 spiro atoms. The monoisotopic (exact) mass is 279 g/mol. The Morgan fingerprint density at radius 3 is 2.50 bits per heavy atom. The van der Waals surface area contributed by atoms with Crippen LogP contribution in [0, 0.1) is 0 Å². The lowest BCUT2D eigenvalue weighted by atomic mass is 10.2. The van der Waals surface area contributed by atoms with Crippen molar-refractivity contribution < 1.29 is 0 Å². The van der Waals surface area contributed by atoms with Crippen molar-refractivity contribution in [3.05, 3.63) is 11.9 Å². The summed E-state index contributed by atoms with van der Waals surface area (Å²) in [6.45, 7) is 8.69. The third-order valence-electron chi connectivity index (χ3n) is 3.65. The molecule has 0 aliphatic heterocycles. The molecule has 1 heterocycles. The molecule has 1 aromatic heterocycles. The number of hydrogen-bond acceptors (Lipinski definition) is 5. The number of aromatic nitrogens is 2. The number of unbranched alkanes of at least 4 members (excludes halogenated alkanes) is 1. The molecule has 0 aromatic carbocycles. The minimum atomic E-state index is 0.620. The van der Waals surface area contributed by atoms with E-state index < -0.39 is 0 Å². The lowest BCUT2D eigenvalue weighted by molar-refractivity contribution is 0.269. The number of hydrogen-bond donors (Lipinski definition) is 2. The average molecular weight is 279 g/mol. The maximum atomic E-state index is 4.35. The van der Waals surface area contributed by atoms with Crippen molar-refractivity contribution >= 4 is 11.6 Å². The largest absolute Gasteiger partial charge is 0.373 e. The highest BCUT2D eigenvalue weighted by Crippen LogP contribution is 2.19. The van der Waals surface area contributed by atoms with Gasteiger partial charge in [0, 0.05) is 25.2 Å². The summed E-state index contributed by atoms with van der Waals surface area (Å²) in [6, 6.07) is 0.620. The summed E-state index contributed by atoms with van der Waals surface area (Å²) in [5, 5.41) is 6.55. The van der Waals surface area contributed by atoms with Gasteiger partial charge in [0.2, 0.25) is 0 Å².